The summed E-state index contributed by atoms with van der Waals surface area (Å²) < 4.78 is 12.4. The summed E-state index contributed by atoms with van der Waals surface area (Å²) >= 11 is 4.50. The Balaban J connectivity index is 1.46. The molecule has 1 N–H and O–H groups in total. The van der Waals surface area contributed by atoms with Gasteiger partial charge in [0.15, 0.2) is 8.68 Å². The number of benzene rings is 2. The van der Waals surface area contributed by atoms with Crippen molar-refractivity contribution in [3.8, 4) is 11.5 Å². The minimum atomic E-state index is -0.107. The lowest BCUT2D eigenvalue weighted by atomic mass is 10.2. The zero-order valence-electron chi connectivity index (χ0n) is 16.1. The van der Waals surface area contributed by atoms with Crippen LogP contribution >= 0.6 is 34.9 Å². The van der Waals surface area contributed by atoms with E-state index in [1.54, 1.807) is 18.9 Å². The summed E-state index contributed by atoms with van der Waals surface area (Å²) in [6.07, 6.45) is 0. The average molecular weight is 448 g/mol. The number of aromatic nitrogens is 2. The Morgan fingerprint density at radius 3 is 2.52 bits per heavy atom. The van der Waals surface area contributed by atoms with E-state index in [2.05, 4.69) is 15.5 Å². The zero-order valence-corrected chi connectivity index (χ0v) is 18.5. The summed E-state index contributed by atoms with van der Waals surface area (Å²) in [5.41, 5.74) is 1.86. The van der Waals surface area contributed by atoms with Crippen molar-refractivity contribution in [2.45, 2.75) is 21.4 Å². The number of amides is 1. The van der Waals surface area contributed by atoms with Crippen LogP contribution in [0.25, 0.3) is 0 Å². The van der Waals surface area contributed by atoms with Gasteiger partial charge in [-0.15, -0.1) is 10.2 Å². The fourth-order valence-electron chi connectivity index (χ4n) is 2.35. The van der Waals surface area contributed by atoms with Gasteiger partial charge in [0.25, 0.3) is 0 Å². The molecule has 152 valence electrons. The lowest BCUT2D eigenvalue weighted by Crippen LogP contribution is -2.14. The predicted molar refractivity (Wildman–Crippen MR) is 119 cm³/mol. The highest BCUT2D eigenvalue weighted by Gasteiger charge is 2.11. The number of thioether (sulfide) groups is 2. The number of hydrogen-bond acceptors (Lipinski definition) is 8. The third-order valence-corrected chi connectivity index (χ3v) is 6.96. The predicted octanol–water partition coefficient (Wildman–Crippen LogP) is 4.97. The SMILES string of the molecule is CCOc1ccccc1NC(=O)CSc1nnc(SCc2ccc(OC)cc2)s1. The van der Waals surface area contributed by atoms with Gasteiger partial charge in [-0.25, -0.2) is 0 Å². The normalized spacial score (nSPS) is 10.6. The quantitative estimate of drug-likeness (QED) is 0.440. The van der Waals surface area contributed by atoms with Gasteiger partial charge in [0.2, 0.25) is 5.91 Å². The number of nitrogens with one attached hydrogen (secondary N) is 1. The highest BCUT2D eigenvalue weighted by Crippen LogP contribution is 2.31. The van der Waals surface area contributed by atoms with E-state index in [1.165, 1.54) is 28.7 Å². The highest BCUT2D eigenvalue weighted by molar-refractivity contribution is 8.03. The fourth-order valence-corrected chi connectivity index (χ4v) is 5.12. The van der Waals surface area contributed by atoms with E-state index in [-0.39, 0.29) is 11.7 Å². The van der Waals surface area contributed by atoms with Crippen molar-refractivity contribution in [1.29, 1.82) is 0 Å². The number of rotatable bonds is 10. The highest BCUT2D eigenvalue weighted by atomic mass is 32.2. The molecule has 0 saturated carbocycles. The van der Waals surface area contributed by atoms with Gasteiger partial charge in [0.1, 0.15) is 11.5 Å². The van der Waals surface area contributed by atoms with E-state index in [9.17, 15) is 4.79 Å². The van der Waals surface area contributed by atoms with Crippen LogP contribution in [-0.4, -0.2) is 35.6 Å². The second-order valence-corrected chi connectivity index (χ2v) is 9.16. The first-order valence-corrected chi connectivity index (χ1v) is 11.7. The molecule has 0 unspecified atom stereocenters. The Hall–Kier alpha value is -2.23. The molecule has 0 aliphatic rings. The number of ether oxygens (including phenoxy) is 2. The van der Waals surface area contributed by atoms with E-state index in [0.29, 0.717) is 18.0 Å². The smallest absolute Gasteiger partial charge is 0.234 e. The molecule has 0 atom stereocenters. The van der Waals surface area contributed by atoms with Gasteiger partial charge in [-0.05, 0) is 36.8 Å². The first-order chi connectivity index (χ1) is 14.2. The van der Waals surface area contributed by atoms with Gasteiger partial charge >= 0.3 is 0 Å². The Kier molecular flexibility index (Phi) is 8.21. The second-order valence-electron chi connectivity index (χ2n) is 5.74. The summed E-state index contributed by atoms with van der Waals surface area (Å²) in [5, 5.41) is 11.3. The number of carbonyl (C=O) groups is 1. The molecule has 0 aliphatic carbocycles. The molecule has 1 heterocycles. The molecule has 6 nitrogen and oxygen atoms in total. The number of carbonyl (C=O) groups excluding carboxylic acids is 1. The van der Waals surface area contributed by atoms with Gasteiger partial charge < -0.3 is 14.8 Å². The lowest BCUT2D eigenvalue weighted by molar-refractivity contribution is -0.113. The fraction of sp³-hybridized carbons (Fsp3) is 0.250. The Bertz CT molecular complexity index is 932. The van der Waals surface area contributed by atoms with Crippen molar-refractivity contribution < 1.29 is 14.3 Å². The van der Waals surface area contributed by atoms with E-state index in [0.717, 1.165) is 20.2 Å². The van der Waals surface area contributed by atoms with Crippen molar-refractivity contribution in [2.75, 3.05) is 24.8 Å². The maximum absolute atomic E-state index is 12.3. The summed E-state index contributed by atoms with van der Waals surface area (Å²) in [6.45, 7) is 2.46. The molecule has 0 saturated heterocycles. The number of nitrogens with zero attached hydrogens (tertiary/aromatic N) is 2. The Morgan fingerprint density at radius 2 is 1.79 bits per heavy atom. The molecule has 2 aromatic carbocycles. The Morgan fingerprint density at radius 1 is 1.07 bits per heavy atom. The number of para-hydroxylation sites is 2. The van der Waals surface area contributed by atoms with Crippen LogP contribution in [0.1, 0.15) is 12.5 Å². The molecule has 29 heavy (non-hydrogen) atoms. The monoisotopic (exact) mass is 447 g/mol. The van der Waals surface area contributed by atoms with Crippen molar-refractivity contribution in [3.63, 3.8) is 0 Å². The van der Waals surface area contributed by atoms with Crippen LogP contribution < -0.4 is 14.8 Å². The summed E-state index contributed by atoms with van der Waals surface area (Å²) in [7, 11) is 1.65. The van der Waals surface area contributed by atoms with Crippen molar-refractivity contribution in [3.05, 3.63) is 54.1 Å². The molecule has 0 bridgehead atoms. The van der Waals surface area contributed by atoms with Gasteiger partial charge in [-0.2, -0.15) is 0 Å². The van der Waals surface area contributed by atoms with Crippen LogP contribution in [0.15, 0.2) is 57.2 Å². The summed E-state index contributed by atoms with van der Waals surface area (Å²) in [4.78, 5) is 12.3. The molecular formula is C20H21N3O3S3. The third-order valence-electron chi connectivity index (χ3n) is 3.70. The van der Waals surface area contributed by atoms with E-state index in [1.807, 2.05) is 55.5 Å². The van der Waals surface area contributed by atoms with Gasteiger partial charge in [0.05, 0.1) is 25.2 Å². The average Bonchev–Trinajstić information content (AvgIpc) is 3.21. The maximum atomic E-state index is 12.3. The van der Waals surface area contributed by atoms with Gasteiger partial charge in [-0.1, -0.05) is 59.1 Å². The van der Waals surface area contributed by atoms with E-state index in [4.69, 9.17) is 9.47 Å². The van der Waals surface area contributed by atoms with Crippen LogP contribution in [-0.2, 0) is 10.5 Å². The second kappa shape index (κ2) is 11.1. The molecule has 9 heteroatoms. The minimum absolute atomic E-state index is 0.107. The van der Waals surface area contributed by atoms with Crippen LogP contribution in [0, 0.1) is 0 Å². The van der Waals surface area contributed by atoms with Gasteiger partial charge in [-0.3, -0.25) is 4.79 Å². The molecule has 0 aliphatic heterocycles. The minimum Gasteiger partial charge on any atom is -0.497 e. The van der Waals surface area contributed by atoms with Crippen LogP contribution in [0.5, 0.6) is 11.5 Å². The Labute approximate surface area is 182 Å². The maximum Gasteiger partial charge on any atom is 0.234 e. The first-order valence-electron chi connectivity index (χ1n) is 8.91. The summed E-state index contributed by atoms with van der Waals surface area (Å²) in [6, 6.07) is 15.4. The lowest BCUT2D eigenvalue weighted by Gasteiger charge is -2.10. The van der Waals surface area contributed by atoms with Gasteiger partial charge in [0, 0.05) is 5.75 Å². The largest absolute Gasteiger partial charge is 0.497 e. The molecule has 0 spiro atoms. The van der Waals surface area contributed by atoms with Crippen molar-refractivity contribution in [2.24, 2.45) is 0 Å². The van der Waals surface area contributed by atoms with E-state index >= 15 is 0 Å². The molecule has 0 fully saturated rings. The van der Waals surface area contributed by atoms with Crippen LogP contribution in [0.4, 0.5) is 5.69 Å². The van der Waals surface area contributed by atoms with Crippen molar-refractivity contribution >= 4 is 46.5 Å². The topological polar surface area (TPSA) is 73.3 Å². The van der Waals surface area contributed by atoms with E-state index < -0.39 is 0 Å². The number of methoxy groups -OCH3 is 1. The van der Waals surface area contributed by atoms with Crippen LogP contribution in [0.3, 0.4) is 0 Å². The molecule has 0 radical (unpaired) electrons. The molecule has 1 amide bonds. The molecule has 3 aromatic rings. The first kappa shape index (κ1) is 21.5. The molecule has 1 aromatic heterocycles. The number of anilines is 1. The molecular weight excluding hydrogens is 426 g/mol. The van der Waals surface area contributed by atoms with Crippen LogP contribution in [0.2, 0.25) is 0 Å². The zero-order chi connectivity index (χ0) is 20.5. The third kappa shape index (κ3) is 6.66. The summed E-state index contributed by atoms with van der Waals surface area (Å²) in [5.74, 6) is 2.47. The number of hydrogen-bond donors (Lipinski definition) is 1. The molecule has 3 rings (SSSR count). The standard InChI is InChI=1S/C20H21N3O3S3/c1-3-26-17-7-5-4-6-16(17)21-18(24)13-28-20-23-22-19(29-20)27-12-14-8-10-15(25-2)11-9-14/h4-11H,3,12-13H2,1-2H3,(H,21,24). The van der Waals surface area contributed by atoms with Crippen molar-refractivity contribution in [1.82, 2.24) is 10.2 Å².